The number of piperidine rings is 1. The van der Waals surface area contributed by atoms with Gasteiger partial charge < -0.3 is 9.47 Å². The zero-order chi connectivity index (χ0) is 17.3. The number of halogens is 1. The van der Waals surface area contributed by atoms with Crippen molar-refractivity contribution in [1.82, 2.24) is 9.47 Å². The second kappa shape index (κ2) is 8.02. The van der Waals surface area contributed by atoms with E-state index in [0.717, 1.165) is 6.54 Å². The smallest absolute Gasteiger partial charge is 0.0491 e. The summed E-state index contributed by atoms with van der Waals surface area (Å²) in [4.78, 5) is 2.68. The standard InChI is InChI=1S/C23H30N2.ClH/c1-23(2)14-9-16-24(18-23)15-7-8-17-25-21-12-5-3-10-19(21)20-11-4-6-13-22(20)25;/h3-6,10-13H,7-9,14-18H2,1-2H3;1H. The molecule has 0 spiro atoms. The molecule has 0 amide bonds. The highest BCUT2D eigenvalue weighted by molar-refractivity contribution is 6.07. The zero-order valence-corrected chi connectivity index (χ0v) is 16.9. The van der Waals surface area contributed by atoms with Crippen molar-refractivity contribution >= 4 is 34.2 Å². The summed E-state index contributed by atoms with van der Waals surface area (Å²) in [5, 5.41) is 2.77. The molecule has 3 heteroatoms. The lowest BCUT2D eigenvalue weighted by molar-refractivity contribution is 0.116. The monoisotopic (exact) mass is 370 g/mol. The summed E-state index contributed by atoms with van der Waals surface area (Å²) in [6.45, 7) is 9.75. The molecule has 0 bridgehead atoms. The van der Waals surface area contributed by atoms with Gasteiger partial charge in [-0.05, 0) is 56.3 Å². The fraction of sp³-hybridized carbons (Fsp3) is 0.478. The maximum atomic E-state index is 2.68. The van der Waals surface area contributed by atoms with E-state index in [1.807, 2.05) is 0 Å². The van der Waals surface area contributed by atoms with Crippen LogP contribution in [0.4, 0.5) is 0 Å². The van der Waals surface area contributed by atoms with E-state index in [2.05, 4.69) is 71.8 Å². The summed E-state index contributed by atoms with van der Waals surface area (Å²) in [7, 11) is 0. The van der Waals surface area contributed by atoms with Gasteiger partial charge in [-0.15, -0.1) is 12.4 Å². The van der Waals surface area contributed by atoms with Crippen LogP contribution in [-0.4, -0.2) is 29.1 Å². The third-order valence-corrected chi connectivity index (χ3v) is 5.77. The fourth-order valence-electron chi connectivity index (χ4n) is 4.59. The summed E-state index contributed by atoms with van der Waals surface area (Å²) in [6, 6.07) is 17.7. The first-order valence-corrected chi connectivity index (χ1v) is 9.82. The lowest BCUT2D eigenvalue weighted by atomic mass is 9.84. The van der Waals surface area contributed by atoms with Gasteiger partial charge in [0.2, 0.25) is 0 Å². The van der Waals surface area contributed by atoms with Gasteiger partial charge >= 0.3 is 0 Å². The van der Waals surface area contributed by atoms with E-state index >= 15 is 0 Å². The van der Waals surface area contributed by atoms with Gasteiger partial charge in [-0.2, -0.15) is 0 Å². The van der Waals surface area contributed by atoms with E-state index < -0.39 is 0 Å². The van der Waals surface area contributed by atoms with E-state index in [1.54, 1.807) is 0 Å². The van der Waals surface area contributed by atoms with Crippen LogP contribution in [0, 0.1) is 5.41 Å². The quantitative estimate of drug-likeness (QED) is 0.491. The van der Waals surface area contributed by atoms with Crippen molar-refractivity contribution in [2.75, 3.05) is 19.6 Å². The van der Waals surface area contributed by atoms with Crippen molar-refractivity contribution in [2.45, 2.75) is 46.1 Å². The highest BCUT2D eigenvalue weighted by Gasteiger charge is 2.25. The molecular formula is C23H31ClN2. The van der Waals surface area contributed by atoms with Crippen molar-refractivity contribution < 1.29 is 0 Å². The molecule has 1 aliphatic heterocycles. The first-order chi connectivity index (χ1) is 12.1. The van der Waals surface area contributed by atoms with Crippen LogP contribution in [0.5, 0.6) is 0 Å². The number of benzene rings is 2. The molecule has 2 heterocycles. The fourth-order valence-corrected chi connectivity index (χ4v) is 4.59. The van der Waals surface area contributed by atoms with Gasteiger partial charge in [-0.25, -0.2) is 0 Å². The van der Waals surface area contributed by atoms with Gasteiger partial charge in [-0.1, -0.05) is 50.2 Å². The molecule has 26 heavy (non-hydrogen) atoms. The lowest BCUT2D eigenvalue weighted by Gasteiger charge is -2.38. The first-order valence-electron chi connectivity index (χ1n) is 9.82. The number of aromatic nitrogens is 1. The second-order valence-corrected chi connectivity index (χ2v) is 8.44. The highest BCUT2D eigenvalue weighted by atomic mass is 35.5. The molecule has 2 nitrogen and oxygen atoms in total. The minimum absolute atomic E-state index is 0. The molecule has 1 fully saturated rings. The Bertz CT molecular complexity index is 812. The van der Waals surface area contributed by atoms with Gasteiger partial charge in [0.15, 0.2) is 0 Å². The van der Waals surface area contributed by atoms with E-state index in [4.69, 9.17) is 0 Å². The highest BCUT2D eigenvalue weighted by Crippen LogP contribution is 2.30. The molecule has 4 rings (SSSR count). The van der Waals surface area contributed by atoms with Crippen molar-refractivity contribution in [1.29, 1.82) is 0 Å². The van der Waals surface area contributed by atoms with Crippen LogP contribution in [0.25, 0.3) is 21.8 Å². The molecule has 140 valence electrons. The minimum Gasteiger partial charge on any atom is -0.340 e. The molecule has 0 atom stereocenters. The Hall–Kier alpha value is -1.51. The Kier molecular flexibility index (Phi) is 5.94. The van der Waals surface area contributed by atoms with Crippen LogP contribution in [0.1, 0.15) is 39.5 Å². The third-order valence-electron chi connectivity index (χ3n) is 5.77. The maximum absolute atomic E-state index is 2.68. The van der Waals surface area contributed by atoms with Crippen LogP contribution >= 0.6 is 12.4 Å². The largest absolute Gasteiger partial charge is 0.340 e. The van der Waals surface area contributed by atoms with E-state index in [9.17, 15) is 0 Å². The van der Waals surface area contributed by atoms with Crippen molar-refractivity contribution in [3.63, 3.8) is 0 Å². The van der Waals surface area contributed by atoms with Crippen LogP contribution < -0.4 is 0 Å². The van der Waals surface area contributed by atoms with Gasteiger partial charge in [0.05, 0.1) is 0 Å². The third kappa shape index (κ3) is 3.92. The predicted octanol–water partition coefficient (Wildman–Crippen LogP) is 6.12. The summed E-state index contributed by atoms with van der Waals surface area (Å²) in [5.74, 6) is 0. The number of hydrogen-bond acceptors (Lipinski definition) is 1. The van der Waals surface area contributed by atoms with E-state index in [-0.39, 0.29) is 12.4 Å². The predicted molar refractivity (Wildman–Crippen MR) is 115 cm³/mol. The number of aryl methyl sites for hydroxylation is 1. The molecule has 1 saturated heterocycles. The summed E-state index contributed by atoms with van der Waals surface area (Å²) < 4.78 is 2.52. The van der Waals surface area contributed by atoms with Gasteiger partial charge in [0.25, 0.3) is 0 Å². The number of para-hydroxylation sites is 2. The minimum atomic E-state index is 0. The molecule has 0 saturated carbocycles. The Morgan fingerprint density at radius 2 is 1.42 bits per heavy atom. The molecule has 1 aromatic heterocycles. The van der Waals surface area contributed by atoms with E-state index in [1.165, 1.54) is 67.1 Å². The number of nitrogens with zero attached hydrogens (tertiary/aromatic N) is 2. The summed E-state index contributed by atoms with van der Waals surface area (Å²) in [6.07, 6.45) is 5.28. The van der Waals surface area contributed by atoms with Crippen molar-refractivity contribution in [3.05, 3.63) is 48.5 Å². The van der Waals surface area contributed by atoms with Gasteiger partial charge in [-0.3, -0.25) is 0 Å². The lowest BCUT2D eigenvalue weighted by Crippen LogP contribution is -2.40. The first kappa shape index (κ1) is 19.3. The van der Waals surface area contributed by atoms with Gasteiger partial charge in [0, 0.05) is 34.9 Å². The van der Waals surface area contributed by atoms with Crippen molar-refractivity contribution in [2.24, 2.45) is 5.41 Å². The molecule has 0 N–H and O–H groups in total. The van der Waals surface area contributed by atoms with Crippen LogP contribution in [-0.2, 0) is 6.54 Å². The number of likely N-dealkylation sites (tertiary alicyclic amines) is 1. The topological polar surface area (TPSA) is 8.17 Å². The Morgan fingerprint density at radius 1 is 0.846 bits per heavy atom. The molecular weight excluding hydrogens is 340 g/mol. The SMILES string of the molecule is CC1(C)CCCN(CCCCn2c3ccccc3c3ccccc32)C1.Cl. The zero-order valence-electron chi connectivity index (χ0n) is 16.1. The number of unbranched alkanes of at least 4 members (excludes halogenated alkanes) is 1. The van der Waals surface area contributed by atoms with Crippen LogP contribution in [0.15, 0.2) is 48.5 Å². The molecule has 2 aromatic carbocycles. The average Bonchev–Trinajstić information content (AvgIpc) is 2.92. The van der Waals surface area contributed by atoms with E-state index in [0.29, 0.717) is 5.41 Å². The maximum Gasteiger partial charge on any atom is 0.0491 e. The molecule has 0 radical (unpaired) electrons. The second-order valence-electron chi connectivity index (χ2n) is 8.44. The normalized spacial score (nSPS) is 17.5. The molecule has 3 aromatic rings. The molecule has 1 aliphatic rings. The molecule has 0 unspecified atom stereocenters. The van der Waals surface area contributed by atoms with Gasteiger partial charge in [0.1, 0.15) is 0 Å². The summed E-state index contributed by atoms with van der Waals surface area (Å²) in [5.41, 5.74) is 3.26. The average molecular weight is 371 g/mol. The number of rotatable bonds is 5. The van der Waals surface area contributed by atoms with Crippen LogP contribution in [0.2, 0.25) is 0 Å². The Labute approximate surface area is 163 Å². The number of fused-ring (bicyclic) bond motifs is 3. The van der Waals surface area contributed by atoms with Crippen LogP contribution in [0.3, 0.4) is 0 Å². The van der Waals surface area contributed by atoms with Crippen molar-refractivity contribution in [3.8, 4) is 0 Å². The summed E-state index contributed by atoms with van der Waals surface area (Å²) >= 11 is 0. The Morgan fingerprint density at radius 3 is 2.04 bits per heavy atom. The number of hydrogen-bond donors (Lipinski definition) is 0. The Balaban J connectivity index is 0.00000196. The molecule has 0 aliphatic carbocycles.